The molecule has 3 aliphatic carbocycles. The van der Waals surface area contributed by atoms with Gasteiger partial charge in [-0.15, -0.1) is 0 Å². The molecule has 0 bridgehead atoms. The normalized spacial score (nSPS) is 17.3. The number of fused-ring (bicyclic) bond motifs is 3. The van der Waals surface area contributed by atoms with Crippen LogP contribution in [0.4, 0.5) is 0 Å². The summed E-state index contributed by atoms with van der Waals surface area (Å²) < 4.78 is 0. The molecule has 0 fully saturated rings. The van der Waals surface area contributed by atoms with Crippen molar-refractivity contribution in [2.75, 3.05) is 0 Å². The molecule has 0 spiro atoms. The predicted octanol–water partition coefficient (Wildman–Crippen LogP) is 8.93. The van der Waals surface area contributed by atoms with Crippen molar-refractivity contribution in [3.8, 4) is 0 Å². The summed E-state index contributed by atoms with van der Waals surface area (Å²) in [5.41, 5.74) is 16.2. The summed E-state index contributed by atoms with van der Waals surface area (Å²) in [5.74, 6) is 0.536. The van der Waals surface area contributed by atoms with E-state index in [1.165, 1.54) is 55.7 Å². The molecule has 1 heteroatoms. The number of benzene rings is 3. The fourth-order valence-electron chi connectivity index (χ4n) is 5.58. The van der Waals surface area contributed by atoms with Crippen molar-refractivity contribution in [3.05, 3.63) is 122 Å². The summed E-state index contributed by atoms with van der Waals surface area (Å²) in [6.45, 7) is 6.66. The second kappa shape index (κ2) is 9.31. The van der Waals surface area contributed by atoms with E-state index in [4.69, 9.17) is 0 Å². The smallest absolute Gasteiger partial charge is 0.0286 e. The number of allylic oxidation sites excluding steroid dienone is 4. The zero-order chi connectivity index (χ0) is 22.9. The van der Waals surface area contributed by atoms with Gasteiger partial charge < -0.3 is 0 Å². The van der Waals surface area contributed by atoms with Crippen LogP contribution >= 0.6 is 15.9 Å². The minimum Gasteiger partial charge on any atom is -0.0876 e. The lowest BCUT2D eigenvalue weighted by molar-refractivity contribution is 0.839. The average molecular weight is 496 g/mol. The van der Waals surface area contributed by atoms with Crippen molar-refractivity contribution in [2.45, 2.75) is 51.3 Å². The highest BCUT2D eigenvalue weighted by atomic mass is 79.9. The third kappa shape index (κ3) is 4.44. The molecule has 166 valence electrons. The highest BCUT2D eigenvalue weighted by Gasteiger charge is 2.23. The molecular formula is C32H31Br. The van der Waals surface area contributed by atoms with Gasteiger partial charge in [-0.2, -0.15) is 0 Å². The van der Waals surface area contributed by atoms with Gasteiger partial charge in [0.1, 0.15) is 0 Å². The number of halogens is 1. The van der Waals surface area contributed by atoms with Crippen LogP contribution in [0.3, 0.4) is 0 Å². The van der Waals surface area contributed by atoms with Crippen LogP contribution in [0.1, 0.15) is 71.2 Å². The third-order valence-corrected chi connectivity index (χ3v) is 7.76. The molecule has 6 rings (SSSR count). The van der Waals surface area contributed by atoms with E-state index in [9.17, 15) is 0 Å². The van der Waals surface area contributed by atoms with Crippen molar-refractivity contribution >= 4 is 33.7 Å². The maximum absolute atomic E-state index is 3.51. The lowest BCUT2D eigenvalue weighted by atomic mass is 9.90. The monoisotopic (exact) mass is 494 g/mol. The second-order valence-electron chi connectivity index (χ2n) is 9.69. The van der Waals surface area contributed by atoms with Gasteiger partial charge in [-0.3, -0.25) is 0 Å². The Bertz CT molecular complexity index is 1300. The van der Waals surface area contributed by atoms with E-state index < -0.39 is 0 Å². The molecule has 0 amide bonds. The molecule has 0 heterocycles. The summed E-state index contributed by atoms with van der Waals surface area (Å²) >= 11 is 3.51. The van der Waals surface area contributed by atoms with Crippen LogP contribution in [0.25, 0.3) is 17.7 Å². The van der Waals surface area contributed by atoms with Crippen LogP contribution < -0.4 is 0 Å². The molecule has 0 aliphatic heterocycles. The zero-order valence-electron chi connectivity index (χ0n) is 19.8. The van der Waals surface area contributed by atoms with Gasteiger partial charge in [0, 0.05) is 11.2 Å². The topological polar surface area (TPSA) is 0 Å². The lowest BCUT2D eigenvalue weighted by Gasteiger charge is -2.14. The largest absolute Gasteiger partial charge is 0.0876 e. The van der Waals surface area contributed by atoms with E-state index in [-0.39, 0.29) is 0 Å². The maximum atomic E-state index is 3.51. The number of alkyl halides is 1. The van der Waals surface area contributed by atoms with Crippen molar-refractivity contribution in [3.63, 3.8) is 0 Å². The van der Waals surface area contributed by atoms with E-state index in [2.05, 4.69) is 116 Å². The molecule has 1 atom stereocenters. The molecule has 1 unspecified atom stereocenters. The highest BCUT2D eigenvalue weighted by molar-refractivity contribution is 9.08. The molecule has 0 N–H and O–H groups in total. The Morgan fingerprint density at radius 2 is 1.33 bits per heavy atom. The molecule has 0 aromatic heterocycles. The molecule has 0 nitrogen and oxygen atoms in total. The third-order valence-electron chi connectivity index (χ3n) is 7.15. The SMILES string of the molecule is CC1=Cc2cccc(CBr)c2C1.CC1=Cc2cccc(CC3C=C(C)c4ccccc43)c2C1. The second-order valence-corrected chi connectivity index (χ2v) is 10.2. The summed E-state index contributed by atoms with van der Waals surface area (Å²) in [6.07, 6.45) is 10.4. The van der Waals surface area contributed by atoms with Gasteiger partial charge in [0.15, 0.2) is 0 Å². The summed E-state index contributed by atoms with van der Waals surface area (Å²) in [7, 11) is 0. The highest BCUT2D eigenvalue weighted by Crippen LogP contribution is 2.39. The first kappa shape index (κ1) is 22.2. The van der Waals surface area contributed by atoms with Crippen LogP contribution in [0, 0.1) is 0 Å². The number of hydrogen-bond acceptors (Lipinski definition) is 0. The first-order valence-corrected chi connectivity index (χ1v) is 13.0. The standard InChI is InChI=1S/C21H20.C11H11Br/c1-14-10-16-6-5-7-17(21(16)11-14)13-18-12-15(2)19-8-3-4-9-20(18)19;1-8-5-9-3-2-4-10(7-12)11(9)6-8/h3-10,12,18H,11,13H2,1-2H3;2-5H,6-7H2,1H3. The molecule has 0 saturated carbocycles. The zero-order valence-corrected chi connectivity index (χ0v) is 21.4. The molecule has 33 heavy (non-hydrogen) atoms. The van der Waals surface area contributed by atoms with Gasteiger partial charge in [0.2, 0.25) is 0 Å². The van der Waals surface area contributed by atoms with Crippen molar-refractivity contribution < 1.29 is 0 Å². The Kier molecular flexibility index (Phi) is 6.25. The summed E-state index contributed by atoms with van der Waals surface area (Å²) in [4.78, 5) is 0. The van der Waals surface area contributed by atoms with Gasteiger partial charge in [-0.1, -0.05) is 106 Å². The minimum atomic E-state index is 0.536. The Balaban J connectivity index is 0.000000162. The van der Waals surface area contributed by atoms with Gasteiger partial charge >= 0.3 is 0 Å². The summed E-state index contributed by atoms with van der Waals surface area (Å²) in [5, 5.41) is 0.970. The number of hydrogen-bond donors (Lipinski definition) is 0. The van der Waals surface area contributed by atoms with Gasteiger partial charge in [-0.25, -0.2) is 0 Å². The summed E-state index contributed by atoms with van der Waals surface area (Å²) in [6, 6.07) is 22.1. The van der Waals surface area contributed by atoms with Crippen molar-refractivity contribution in [1.29, 1.82) is 0 Å². The fourth-order valence-corrected chi connectivity index (χ4v) is 6.11. The Morgan fingerprint density at radius 3 is 2.00 bits per heavy atom. The minimum absolute atomic E-state index is 0.536. The van der Waals surface area contributed by atoms with E-state index in [0.717, 1.165) is 24.6 Å². The van der Waals surface area contributed by atoms with Gasteiger partial charge in [-0.05, 0) is 90.1 Å². The van der Waals surface area contributed by atoms with Gasteiger partial charge in [0.25, 0.3) is 0 Å². The fraction of sp³-hybridized carbons (Fsp3) is 0.250. The molecular weight excluding hydrogens is 464 g/mol. The molecule has 3 aliphatic rings. The van der Waals surface area contributed by atoms with Crippen LogP contribution in [0.15, 0.2) is 77.9 Å². The molecule has 3 aromatic rings. The van der Waals surface area contributed by atoms with E-state index in [1.54, 1.807) is 5.56 Å². The quantitative estimate of drug-likeness (QED) is 0.318. The molecule has 0 radical (unpaired) electrons. The van der Waals surface area contributed by atoms with E-state index in [0.29, 0.717) is 5.92 Å². The predicted molar refractivity (Wildman–Crippen MR) is 147 cm³/mol. The lowest BCUT2D eigenvalue weighted by Crippen LogP contribution is -2.02. The van der Waals surface area contributed by atoms with Crippen LogP contribution in [-0.4, -0.2) is 0 Å². The van der Waals surface area contributed by atoms with Crippen LogP contribution in [0.2, 0.25) is 0 Å². The first-order chi connectivity index (χ1) is 16.0. The maximum Gasteiger partial charge on any atom is 0.0286 e. The Labute approximate surface area is 206 Å². The van der Waals surface area contributed by atoms with E-state index in [1.807, 2.05) is 0 Å². The van der Waals surface area contributed by atoms with Crippen molar-refractivity contribution in [2.24, 2.45) is 0 Å². The van der Waals surface area contributed by atoms with Gasteiger partial charge in [0.05, 0.1) is 0 Å². The molecule has 3 aromatic carbocycles. The van der Waals surface area contributed by atoms with Crippen LogP contribution in [0.5, 0.6) is 0 Å². The Hall–Kier alpha value is -2.64. The van der Waals surface area contributed by atoms with E-state index >= 15 is 0 Å². The van der Waals surface area contributed by atoms with Crippen molar-refractivity contribution in [1.82, 2.24) is 0 Å². The van der Waals surface area contributed by atoms with Crippen LogP contribution in [-0.2, 0) is 24.6 Å². The number of rotatable bonds is 3. The molecule has 0 saturated heterocycles. The average Bonchev–Trinajstić information content (AvgIpc) is 3.48. The first-order valence-electron chi connectivity index (χ1n) is 11.9. The Morgan fingerprint density at radius 1 is 0.727 bits per heavy atom.